The van der Waals surface area contributed by atoms with E-state index in [2.05, 4.69) is 20.2 Å². The van der Waals surface area contributed by atoms with Gasteiger partial charge in [-0.05, 0) is 19.9 Å². The van der Waals surface area contributed by atoms with Crippen molar-refractivity contribution >= 4 is 11.3 Å². The van der Waals surface area contributed by atoms with Crippen LogP contribution in [0.5, 0.6) is 0 Å². The second kappa shape index (κ2) is 4.34. The molecule has 0 unspecified atom stereocenters. The van der Waals surface area contributed by atoms with Gasteiger partial charge < -0.3 is 4.52 Å². The van der Waals surface area contributed by atoms with Crippen molar-refractivity contribution in [1.29, 1.82) is 0 Å². The van der Waals surface area contributed by atoms with Crippen LogP contribution in [0.1, 0.15) is 17.3 Å². The highest BCUT2D eigenvalue weighted by Gasteiger charge is 2.11. The summed E-state index contributed by atoms with van der Waals surface area (Å²) in [6, 6.07) is 2.01. The van der Waals surface area contributed by atoms with Crippen LogP contribution in [0, 0.1) is 13.8 Å². The molecule has 18 heavy (non-hydrogen) atoms. The maximum absolute atomic E-state index is 5.21. The molecule has 92 valence electrons. The van der Waals surface area contributed by atoms with Crippen LogP contribution in [0.25, 0.3) is 10.7 Å². The summed E-state index contributed by atoms with van der Waals surface area (Å²) in [4.78, 5) is 9.22. The van der Waals surface area contributed by atoms with E-state index in [9.17, 15) is 0 Å². The Morgan fingerprint density at radius 1 is 1.39 bits per heavy atom. The van der Waals surface area contributed by atoms with E-state index in [1.165, 1.54) is 11.3 Å². The SMILES string of the molecule is Cc1cc(C)n(Cc2nc(-c3cncs3)no2)n1. The minimum Gasteiger partial charge on any atom is -0.337 e. The van der Waals surface area contributed by atoms with Gasteiger partial charge in [0.15, 0.2) is 0 Å². The van der Waals surface area contributed by atoms with Crippen molar-refractivity contribution in [2.45, 2.75) is 20.4 Å². The topological polar surface area (TPSA) is 69.6 Å². The number of nitrogens with zero attached hydrogens (tertiary/aromatic N) is 5. The van der Waals surface area contributed by atoms with Crippen molar-refractivity contribution in [3.8, 4) is 10.7 Å². The molecular formula is C11H11N5OS. The highest BCUT2D eigenvalue weighted by Crippen LogP contribution is 2.19. The van der Waals surface area contributed by atoms with Gasteiger partial charge in [0.25, 0.3) is 0 Å². The lowest BCUT2D eigenvalue weighted by Crippen LogP contribution is -2.04. The molecule has 3 aromatic heterocycles. The lowest BCUT2D eigenvalue weighted by molar-refractivity contribution is 0.364. The molecule has 0 bridgehead atoms. The molecule has 0 aliphatic rings. The molecule has 3 rings (SSSR count). The van der Waals surface area contributed by atoms with Crippen molar-refractivity contribution < 1.29 is 4.52 Å². The van der Waals surface area contributed by atoms with E-state index in [-0.39, 0.29) is 0 Å². The molecule has 0 aromatic carbocycles. The number of hydrogen-bond acceptors (Lipinski definition) is 6. The Balaban J connectivity index is 1.84. The van der Waals surface area contributed by atoms with Crippen LogP contribution in [-0.2, 0) is 6.54 Å². The second-order valence-corrected chi connectivity index (χ2v) is 4.85. The monoisotopic (exact) mass is 261 g/mol. The maximum Gasteiger partial charge on any atom is 0.248 e. The Bertz CT molecular complexity index is 655. The summed E-state index contributed by atoms with van der Waals surface area (Å²) in [5.74, 6) is 1.12. The van der Waals surface area contributed by atoms with Crippen molar-refractivity contribution in [3.05, 3.63) is 35.1 Å². The van der Waals surface area contributed by atoms with E-state index in [0.29, 0.717) is 18.3 Å². The van der Waals surface area contributed by atoms with Crippen LogP contribution in [0.4, 0.5) is 0 Å². The Labute approximate surface area is 107 Å². The van der Waals surface area contributed by atoms with Crippen LogP contribution >= 0.6 is 11.3 Å². The fraction of sp³-hybridized carbons (Fsp3) is 0.273. The van der Waals surface area contributed by atoms with Gasteiger partial charge in [-0.2, -0.15) is 10.1 Å². The van der Waals surface area contributed by atoms with Crippen molar-refractivity contribution in [2.24, 2.45) is 0 Å². The first-order valence-corrected chi connectivity index (χ1v) is 6.33. The molecule has 0 saturated carbocycles. The van der Waals surface area contributed by atoms with Crippen LogP contribution in [-0.4, -0.2) is 24.9 Å². The normalized spacial score (nSPS) is 11.0. The molecule has 0 aliphatic heterocycles. The molecule has 0 amide bonds. The predicted molar refractivity (Wildman–Crippen MR) is 66.2 cm³/mol. The Morgan fingerprint density at radius 2 is 2.28 bits per heavy atom. The van der Waals surface area contributed by atoms with E-state index in [1.807, 2.05) is 24.6 Å². The summed E-state index contributed by atoms with van der Waals surface area (Å²) < 4.78 is 7.06. The average Bonchev–Trinajstić information content (AvgIpc) is 3.02. The first-order chi connectivity index (χ1) is 8.72. The van der Waals surface area contributed by atoms with Gasteiger partial charge in [-0.3, -0.25) is 9.67 Å². The molecule has 3 aromatic rings. The van der Waals surface area contributed by atoms with Gasteiger partial charge in [0.05, 0.1) is 16.1 Å². The molecule has 0 fully saturated rings. The third-order valence-electron chi connectivity index (χ3n) is 2.51. The molecule has 0 radical (unpaired) electrons. The lowest BCUT2D eigenvalue weighted by Gasteiger charge is -1.98. The van der Waals surface area contributed by atoms with Gasteiger partial charge in [0, 0.05) is 11.9 Å². The van der Waals surface area contributed by atoms with E-state index >= 15 is 0 Å². The van der Waals surface area contributed by atoms with Gasteiger partial charge in [-0.1, -0.05) is 5.16 Å². The van der Waals surface area contributed by atoms with E-state index in [1.54, 1.807) is 11.7 Å². The molecule has 7 heteroatoms. The smallest absolute Gasteiger partial charge is 0.248 e. The van der Waals surface area contributed by atoms with Crippen LogP contribution in [0.15, 0.2) is 22.3 Å². The number of hydrogen-bond donors (Lipinski definition) is 0. The molecule has 6 nitrogen and oxygen atoms in total. The Hall–Kier alpha value is -2.02. The molecule has 3 heterocycles. The summed E-state index contributed by atoms with van der Waals surface area (Å²) in [5.41, 5.74) is 3.80. The molecule has 0 aliphatic carbocycles. The fourth-order valence-corrected chi connectivity index (χ4v) is 2.25. The van der Waals surface area contributed by atoms with Crippen molar-refractivity contribution in [2.75, 3.05) is 0 Å². The average molecular weight is 261 g/mol. The quantitative estimate of drug-likeness (QED) is 0.721. The largest absolute Gasteiger partial charge is 0.337 e. The van der Waals surface area contributed by atoms with Gasteiger partial charge >= 0.3 is 0 Å². The molecular weight excluding hydrogens is 250 g/mol. The standard InChI is InChI=1S/C11H11N5OS/c1-7-3-8(2)16(14-7)5-10-13-11(15-17-10)9-4-12-6-18-9/h3-4,6H,5H2,1-2H3. The lowest BCUT2D eigenvalue weighted by atomic mass is 10.4. The summed E-state index contributed by atoms with van der Waals surface area (Å²) >= 11 is 1.48. The zero-order valence-electron chi connectivity index (χ0n) is 9.99. The molecule has 0 N–H and O–H groups in total. The summed E-state index contributed by atoms with van der Waals surface area (Å²) in [6.45, 7) is 4.45. The van der Waals surface area contributed by atoms with Gasteiger partial charge in [-0.15, -0.1) is 11.3 Å². The van der Waals surface area contributed by atoms with Crippen molar-refractivity contribution in [3.63, 3.8) is 0 Å². The zero-order valence-corrected chi connectivity index (χ0v) is 10.8. The maximum atomic E-state index is 5.21. The Morgan fingerprint density at radius 3 is 2.94 bits per heavy atom. The van der Waals surface area contributed by atoms with Gasteiger partial charge in [0.2, 0.25) is 11.7 Å². The number of aromatic nitrogens is 5. The number of aryl methyl sites for hydroxylation is 2. The van der Waals surface area contributed by atoms with Crippen LogP contribution in [0.2, 0.25) is 0 Å². The molecule has 0 atom stereocenters. The number of thiazole rings is 1. The van der Waals surface area contributed by atoms with Gasteiger partial charge in [0.1, 0.15) is 6.54 Å². The highest BCUT2D eigenvalue weighted by atomic mass is 32.1. The first kappa shape index (κ1) is 11.1. The highest BCUT2D eigenvalue weighted by molar-refractivity contribution is 7.13. The fourth-order valence-electron chi connectivity index (χ4n) is 1.71. The minimum absolute atomic E-state index is 0.492. The second-order valence-electron chi connectivity index (χ2n) is 3.96. The predicted octanol–water partition coefficient (Wildman–Crippen LogP) is 2.05. The summed E-state index contributed by atoms with van der Waals surface area (Å²) in [5, 5.41) is 8.29. The van der Waals surface area contributed by atoms with Crippen LogP contribution < -0.4 is 0 Å². The van der Waals surface area contributed by atoms with E-state index in [4.69, 9.17) is 4.52 Å². The molecule has 0 saturated heterocycles. The third kappa shape index (κ3) is 2.04. The number of rotatable bonds is 3. The van der Waals surface area contributed by atoms with Gasteiger partial charge in [-0.25, -0.2) is 0 Å². The molecule has 0 spiro atoms. The Kier molecular flexibility index (Phi) is 2.67. The minimum atomic E-state index is 0.492. The van der Waals surface area contributed by atoms with E-state index in [0.717, 1.165) is 16.3 Å². The zero-order chi connectivity index (χ0) is 12.5. The van der Waals surface area contributed by atoms with Crippen molar-refractivity contribution in [1.82, 2.24) is 24.9 Å². The summed E-state index contributed by atoms with van der Waals surface area (Å²) in [7, 11) is 0. The summed E-state index contributed by atoms with van der Waals surface area (Å²) in [6.07, 6.45) is 1.72. The first-order valence-electron chi connectivity index (χ1n) is 5.45. The third-order valence-corrected chi connectivity index (χ3v) is 3.28. The van der Waals surface area contributed by atoms with E-state index < -0.39 is 0 Å². The van der Waals surface area contributed by atoms with Crippen LogP contribution in [0.3, 0.4) is 0 Å².